The number of aliphatic carboxylic acids is 1. The average molecular weight is 468 g/mol. The number of carbonyl (C=O) groups excluding carboxylic acids is 1. The molecule has 9 nitrogen and oxygen atoms in total. The van der Waals surface area contributed by atoms with Crippen molar-refractivity contribution in [1.29, 1.82) is 0 Å². The van der Waals surface area contributed by atoms with E-state index in [1.807, 2.05) is 6.07 Å². The Hall–Kier alpha value is -3.76. The second kappa shape index (κ2) is 9.00. The minimum absolute atomic E-state index is 0.0508. The van der Waals surface area contributed by atoms with Gasteiger partial charge in [0, 0.05) is 25.2 Å². The minimum atomic E-state index is -4.11. The fourth-order valence-electron chi connectivity index (χ4n) is 3.70. The van der Waals surface area contributed by atoms with Crippen molar-refractivity contribution < 1.29 is 27.9 Å². The molecule has 3 aromatic rings. The Kier molecular flexibility index (Phi) is 6.12. The molecule has 0 saturated carbocycles. The molecule has 2 aromatic carbocycles. The van der Waals surface area contributed by atoms with Crippen LogP contribution in [-0.4, -0.2) is 41.2 Å². The number of carboxylic acids is 1. The van der Waals surface area contributed by atoms with E-state index >= 15 is 0 Å². The molecule has 0 fully saturated rings. The average Bonchev–Trinajstić information content (AvgIpc) is 2.79. The molecular weight excluding hydrogens is 446 g/mol. The lowest BCUT2D eigenvalue weighted by Gasteiger charge is -2.33. The summed E-state index contributed by atoms with van der Waals surface area (Å²) in [5.74, 6) is -0.809. The van der Waals surface area contributed by atoms with Crippen molar-refractivity contribution in [3.63, 3.8) is 0 Å². The molecule has 0 spiro atoms. The van der Waals surface area contributed by atoms with Gasteiger partial charge in [0.1, 0.15) is 16.7 Å². The fourth-order valence-corrected chi connectivity index (χ4v) is 5.21. The highest BCUT2D eigenvalue weighted by Crippen LogP contribution is 2.34. The number of hydrogen-bond donors (Lipinski definition) is 2. The first-order chi connectivity index (χ1) is 15.8. The summed E-state index contributed by atoms with van der Waals surface area (Å²) in [6.07, 6.45) is 1.57. The van der Waals surface area contributed by atoms with Crippen molar-refractivity contribution in [2.24, 2.45) is 0 Å². The second-order valence-electron chi connectivity index (χ2n) is 7.45. The van der Waals surface area contributed by atoms with E-state index in [1.54, 1.807) is 42.5 Å². The summed E-state index contributed by atoms with van der Waals surface area (Å²) in [6.45, 7) is 1.46. The quantitative estimate of drug-likeness (QED) is 0.570. The third-order valence-corrected chi connectivity index (χ3v) is 7.03. The molecular formula is C23H21N3O6S. The molecule has 10 heteroatoms. The molecule has 1 aromatic heterocycles. The van der Waals surface area contributed by atoms with Crippen LogP contribution < -0.4 is 10.1 Å². The summed E-state index contributed by atoms with van der Waals surface area (Å²) in [6, 6.07) is 15.0. The molecule has 2 N–H and O–H groups in total. The molecule has 1 aliphatic heterocycles. The Morgan fingerprint density at radius 2 is 1.82 bits per heavy atom. The third-order valence-electron chi connectivity index (χ3n) is 5.19. The lowest BCUT2D eigenvalue weighted by atomic mass is 9.94. The maximum Gasteiger partial charge on any atom is 0.326 e. The summed E-state index contributed by atoms with van der Waals surface area (Å²) in [5, 5.41) is 12.4. The smallest absolute Gasteiger partial charge is 0.326 e. The number of ether oxygens (including phenoxy) is 1. The first-order valence-electron chi connectivity index (χ1n) is 10.1. The Morgan fingerprint density at radius 3 is 2.45 bits per heavy atom. The minimum Gasteiger partial charge on any atom is -0.480 e. The SMILES string of the molecule is CC(=O)Nc1ccc(Oc2ccc(S(=O)(=O)N3CCc4ccccc4C3C(=O)O)cn2)cc1. The van der Waals surface area contributed by atoms with E-state index in [2.05, 4.69) is 10.3 Å². The number of hydrogen-bond acceptors (Lipinski definition) is 6. The highest BCUT2D eigenvalue weighted by Gasteiger charge is 2.40. The van der Waals surface area contributed by atoms with Gasteiger partial charge < -0.3 is 15.2 Å². The van der Waals surface area contributed by atoms with Gasteiger partial charge >= 0.3 is 5.97 Å². The van der Waals surface area contributed by atoms with Crippen molar-refractivity contribution in [3.05, 3.63) is 78.0 Å². The molecule has 0 saturated heterocycles. The van der Waals surface area contributed by atoms with Crippen LogP contribution >= 0.6 is 0 Å². The maximum atomic E-state index is 13.3. The van der Waals surface area contributed by atoms with E-state index < -0.39 is 22.0 Å². The van der Waals surface area contributed by atoms with Gasteiger partial charge in [-0.3, -0.25) is 9.59 Å². The van der Waals surface area contributed by atoms with Crippen molar-refractivity contribution in [1.82, 2.24) is 9.29 Å². The zero-order valence-corrected chi connectivity index (χ0v) is 18.5. The molecule has 0 radical (unpaired) electrons. The summed E-state index contributed by atoms with van der Waals surface area (Å²) in [7, 11) is -4.11. The largest absolute Gasteiger partial charge is 0.480 e. The van der Waals surface area contributed by atoms with Gasteiger partial charge in [0.05, 0.1) is 6.20 Å². The summed E-state index contributed by atoms with van der Waals surface area (Å²) in [5.41, 5.74) is 1.90. The number of pyridine rings is 1. The number of aromatic nitrogens is 1. The Balaban J connectivity index is 1.54. The van der Waals surface area contributed by atoms with Crippen molar-refractivity contribution in [2.45, 2.75) is 24.3 Å². The number of anilines is 1. The highest BCUT2D eigenvalue weighted by atomic mass is 32.2. The van der Waals surface area contributed by atoms with E-state index in [1.165, 1.54) is 19.1 Å². The number of carboxylic acid groups (broad SMARTS) is 1. The molecule has 1 amide bonds. The fraction of sp³-hybridized carbons (Fsp3) is 0.174. The molecule has 1 atom stereocenters. The summed E-state index contributed by atoms with van der Waals surface area (Å²) < 4.78 is 33.1. The van der Waals surface area contributed by atoms with Crippen LogP contribution in [0.25, 0.3) is 0 Å². The van der Waals surface area contributed by atoms with Crippen LogP contribution in [0, 0.1) is 0 Å². The predicted molar refractivity (Wildman–Crippen MR) is 119 cm³/mol. The third kappa shape index (κ3) is 4.71. The van der Waals surface area contributed by atoms with Gasteiger partial charge in [-0.2, -0.15) is 4.31 Å². The number of sulfonamides is 1. The van der Waals surface area contributed by atoms with Crippen molar-refractivity contribution in [2.75, 3.05) is 11.9 Å². The van der Waals surface area contributed by atoms with E-state index in [4.69, 9.17) is 4.74 Å². The van der Waals surface area contributed by atoms with Crippen molar-refractivity contribution >= 4 is 27.6 Å². The predicted octanol–water partition coefficient (Wildman–Crippen LogP) is 3.21. The Bertz CT molecular complexity index is 1290. The van der Waals surface area contributed by atoms with E-state index in [9.17, 15) is 23.1 Å². The number of fused-ring (bicyclic) bond motifs is 1. The number of carbonyl (C=O) groups is 2. The Labute approximate surface area is 190 Å². The highest BCUT2D eigenvalue weighted by molar-refractivity contribution is 7.89. The lowest BCUT2D eigenvalue weighted by Crippen LogP contribution is -2.43. The molecule has 0 aliphatic carbocycles. The molecule has 170 valence electrons. The van der Waals surface area contributed by atoms with Crippen LogP contribution in [0.15, 0.2) is 71.8 Å². The molecule has 33 heavy (non-hydrogen) atoms. The number of rotatable bonds is 6. The van der Waals surface area contributed by atoms with E-state index in [-0.39, 0.29) is 23.2 Å². The van der Waals surface area contributed by atoms with Crippen LogP contribution in [-0.2, 0) is 26.0 Å². The molecule has 2 heterocycles. The zero-order valence-electron chi connectivity index (χ0n) is 17.6. The summed E-state index contributed by atoms with van der Waals surface area (Å²) >= 11 is 0. The number of nitrogens with one attached hydrogen (secondary N) is 1. The van der Waals surface area contributed by atoms with Gasteiger partial charge in [-0.05, 0) is 47.9 Å². The first-order valence-corrected chi connectivity index (χ1v) is 11.5. The number of nitrogens with zero attached hydrogens (tertiary/aromatic N) is 2. The van der Waals surface area contributed by atoms with E-state index in [0.717, 1.165) is 16.1 Å². The normalized spacial score (nSPS) is 16.0. The molecule has 0 bridgehead atoms. The number of amides is 1. The topological polar surface area (TPSA) is 126 Å². The Morgan fingerprint density at radius 1 is 1.09 bits per heavy atom. The maximum absolute atomic E-state index is 13.3. The van der Waals surface area contributed by atoms with Crippen LogP contribution in [0.3, 0.4) is 0 Å². The summed E-state index contributed by atoms with van der Waals surface area (Å²) in [4.78, 5) is 27.0. The van der Waals surface area contributed by atoms with Crippen LogP contribution in [0.5, 0.6) is 11.6 Å². The second-order valence-corrected chi connectivity index (χ2v) is 9.34. The molecule has 4 rings (SSSR count). The molecule has 1 unspecified atom stereocenters. The van der Waals surface area contributed by atoms with Gasteiger partial charge in [0.2, 0.25) is 21.8 Å². The molecule has 1 aliphatic rings. The van der Waals surface area contributed by atoms with Gasteiger partial charge in [0.25, 0.3) is 0 Å². The van der Waals surface area contributed by atoms with Crippen molar-refractivity contribution in [3.8, 4) is 11.6 Å². The first kappa shape index (κ1) is 22.4. The van der Waals surface area contributed by atoms with Gasteiger partial charge in [-0.1, -0.05) is 24.3 Å². The lowest BCUT2D eigenvalue weighted by molar-refractivity contribution is -0.142. The van der Waals surface area contributed by atoms with Crippen LogP contribution in [0.2, 0.25) is 0 Å². The van der Waals surface area contributed by atoms with Gasteiger partial charge in [0.15, 0.2) is 0 Å². The monoisotopic (exact) mass is 467 g/mol. The van der Waals surface area contributed by atoms with Crippen LogP contribution in [0.1, 0.15) is 24.1 Å². The standard InChI is InChI=1S/C23H21N3O6S/c1-15(27)25-17-6-8-18(9-7-17)32-21-11-10-19(14-24-21)33(30,31)26-13-12-16-4-2-3-5-20(16)22(26)23(28)29/h2-11,14,22H,12-13H2,1H3,(H,25,27)(H,28,29). The van der Waals surface area contributed by atoms with E-state index in [0.29, 0.717) is 23.4 Å². The van der Waals surface area contributed by atoms with Gasteiger partial charge in [-0.25, -0.2) is 13.4 Å². The van der Waals surface area contributed by atoms with Gasteiger partial charge in [-0.15, -0.1) is 0 Å². The van der Waals surface area contributed by atoms with Crippen LogP contribution in [0.4, 0.5) is 5.69 Å². The number of benzene rings is 2. The zero-order chi connectivity index (χ0) is 23.6.